The van der Waals surface area contributed by atoms with E-state index < -0.39 is 0 Å². The molecule has 0 aliphatic carbocycles. The minimum absolute atomic E-state index is 0.0874. The van der Waals surface area contributed by atoms with Crippen LogP contribution < -0.4 is 11.1 Å². The van der Waals surface area contributed by atoms with E-state index in [1.807, 2.05) is 0 Å². The number of primary amides is 1. The lowest BCUT2D eigenvalue weighted by Crippen LogP contribution is -2.44. The number of nitrogens with one attached hydrogen (secondary N) is 1. The van der Waals surface area contributed by atoms with Crippen LogP contribution >= 0.6 is 0 Å². The van der Waals surface area contributed by atoms with Gasteiger partial charge in [0.1, 0.15) is 0 Å². The Kier molecular flexibility index (Phi) is 3.03. The summed E-state index contributed by atoms with van der Waals surface area (Å²) in [5.41, 5.74) is 5.34. The Morgan fingerprint density at radius 1 is 1.43 bits per heavy atom. The van der Waals surface area contributed by atoms with Gasteiger partial charge in [-0.3, -0.25) is 4.79 Å². The van der Waals surface area contributed by atoms with Crippen molar-refractivity contribution in [1.82, 2.24) is 10.2 Å². The Morgan fingerprint density at radius 3 is 2.79 bits per heavy atom. The van der Waals surface area contributed by atoms with Crippen LogP contribution in [-0.4, -0.2) is 43.0 Å². The Labute approximate surface area is 84.8 Å². The van der Waals surface area contributed by atoms with E-state index in [0.29, 0.717) is 5.92 Å². The van der Waals surface area contributed by atoms with Crippen molar-refractivity contribution in [2.75, 3.05) is 26.2 Å². The highest BCUT2D eigenvalue weighted by atomic mass is 16.1. The fraction of sp³-hybridized carbons (Fsp3) is 0.900. The van der Waals surface area contributed by atoms with Gasteiger partial charge in [-0.15, -0.1) is 0 Å². The number of nitrogens with zero attached hydrogens (tertiary/aromatic N) is 1. The van der Waals surface area contributed by atoms with Crippen molar-refractivity contribution in [2.45, 2.75) is 25.3 Å². The summed E-state index contributed by atoms with van der Waals surface area (Å²) in [5.74, 6) is 0.247. The first-order chi connectivity index (χ1) is 6.77. The predicted molar refractivity (Wildman–Crippen MR) is 54.8 cm³/mol. The average molecular weight is 197 g/mol. The summed E-state index contributed by atoms with van der Waals surface area (Å²) in [7, 11) is 0. The number of amides is 1. The summed E-state index contributed by atoms with van der Waals surface area (Å²) < 4.78 is 0. The molecule has 2 atom stereocenters. The summed E-state index contributed by atoms with van der Waals surface area (Å²) in [4.78, 5) is 13.6. The van der Waals surface area contributed by atoms with Crippen molar-refractivity contribution < 1.29 is 4.79 Å². The average Bonchev–Trinajstić information content (AvgIpc) is 2.75. The number of likely N-dealkylation sites (tertiary alicyclic amines) is 1. The van der Waals surface area contributed by atoms with Crippen molar-refractivity contribution in [3.05, 3.63) is 0 Å². The SMILES string of the molecule is NC(=O)[C@H]1NCC[C@@H]1CN1CCCC1. The molecule has 80 valence electrons. The third-order valence-corrected chi connectivity index (χ3v) is 3.35. The second kappa shape index (κ2) is 4.28. The summed E-state index contributed by atoms with van der Waals surface area (Å²) in [6, 6.07) is -0.0874. The van der Waals surface area contributed by atoms with Gasteiger partial charge in [-0.2, -0.15) is 0 Å². The fourth-order valence-electron chi connectivity index (χ4n) is 2.58. The predicted octanol–water partition coefficient (Wildman–Crippen LogP) is -0.454. The topological polar surface area (TPSA) is 58.4 Å². The zero-order chi connectivity index (χ0) is 9.97. The van der Waals surface area contributed by atoms with E-state index in [9.17, 15) is 4.79 Å². The molecule has 0 spiro atoms. The van der Waals surface area contributed by atoms with E-state index in [1.54, 1.807) is 0 Å². The smallest absolute Gasteiger partial charge is 0.234 e. The number of rotatable bonds is 3. The molecule has 2 aliphatic rings. The maximum atomic E-state index is 11.1. The van der Waals surface area contributed by atoms with Crippen LogP contribution in [0.5, 0.6) is 0 Å². The maximum Gasteiger partial charge on any atom is 0.234 e. The Morgan fingerprint density at radius 2 is 2.14 bits per heavy atom. The third-order valence-electron chi connectivity index (χ3n) is 3.35. The summed E-state index contributed by atoms with van der Waals surface area (Å²) in [6.07, 6.45) is 3.70. The zero-order valence-electron chi connectivity index (χ0n) is 8.54. The number of carbonyl (C=O) groups excluding carboxylic acids is 1. The normalized spacial score (nSPS) is 33.7. The molecule has 0 aromatic carbocycles. The molecule has 3 N–H and O–H groups in total. The van der Waals surface area contributed by atoms with Crippen molar-refractivity contribution >= 4 is 5.91 Å². The number of carbonyl (C=O) groups is 1. The van der Waals surface area contributed by atoms with E-state index in [2.05, 4.69) is 10.2 Å². The molecule has 0 saturated carbocycles. The molecule has 2 aliphatic heterocycles. The zero-order valence-corrected chi connectivity index (χ0v) is 8.54. The molecule has 2 saturated heterocycles. The van der Waals surface area contributed by atoms with Gasteiger partial charge in [-0.05, 0) is 44.8 Å². The van der Waals surface area contributed by atoms with Crippen LogP contribution in [0.25, 0.3) is 0 Å². The first-order valence-corrected chi connectivity index (χ1v) is 5.52. The molecule has 0 bridgehead atoms. The second-order valence-corrected chi connectivity index (χ2v) is 4.39. The molecule has 0 radical (unpaired) electrons. The minimum Gasteiger partial charge on any atom is -0.368 e. The van der Waals surface area contributed by atoms with Gasteiger partial charge in [-0.1, -0.05) is 0 Å². The fourth-order valence-corrected chi connectivity index (χ4v) is 2.58. The van der Waals surface area contributed by atoms with Gasteiger partial charge in [0.25, 0.3) is 0 Å². The molecule has 4 heteroatoms. The molecule has 4 nitrogen and oxygen atoms in total. The summed E-state index contributed by atoms with van der Waals surface area (Å²) in [5, 5.41) is 3.18. The van der Waals surface area contributed by atoms with Gasteiger partial charge in [0.15, 0.2) is 0 Å². The standard InChI is InChI=1S/C10H19N3O/c11-10(14)9-8(3-4-12-9)7-13-5-1-2-6-13/h8-9,12H,1-7H2,(H2,11,14)/t8-,9+/m1/s1. The van der Waals surface area contributed by atoms with E-state index in [-0.39, 0.29) is 11.9 Å². The van der Waals surface area contributed by atoms with E-state index >= 15 is 0 Å². The molecule has 2 heterocycles. The lowest BCUT2D eigenvalue weighted by Gasteiger charge is -2.22. The minimum atomic E-state index is -0.188. The molecule has 2 fully saturated rings. The lowest BCUT2D eigenvalue weighted by molar-refractivity contribution is -0.120. The van der Waals surface area contributed by atoms with Gasteiger partial charge in [0.2, 0.25) is 5.91 Å². The Hall–Kier alpha value is -0.610. The number of nitrogens with two attached hydrogens (primary N) is 1. The van der Waals surface area contributed by atoms with Crippen LogP contribution in [0.2, 0.25) is 0 Å². The van der Waals surface area contributed by atoms with Crippen molar-refractivity contribution in [1.29, 1.82) is 0 Å². The van der Waals surface area contributed by atoms with Gasteiger partial charge in [0, 0.05) is 6.54 Å². The van der Waals surface area contributed by atoms with E-state index in [4.69, 9.17) is 5.73 Å². The van der Waals surface area contributed by atoms with Gasteiger partial charge < -0.3 is 16.0 Å². The van der Waals surface area contributed by atoms with Crippen LogP contribution in [0, 0.1) is 5.92 Å². The highest BCUT2D eigenvalue weighted by Gasteiger charge is 2.32. The second-order valence-electron chi connectivity index (χ2n) is 4.39. The first kappa shape index (κ1) is 9.93. The van der Waals surface area contributed by atoms with Crippen molar-refractivity contribution in [3.8, 4) is 0 Å². The van der Waals surface area contributed by atoms with E-state index in [1.165, 1.54) is 25.9 Å². The molecular weight excluding hydrogens is 178 g/mol. The van der Waals surface area contributed by atoms with Crippen LogP contribution in [0.15, 0.2) is 0 Å². The van der Waals surface area contributed by atoms with Crippen LogP contribution in [-0.2, 0) is 4.79 Å². The number of hydrogen-bond acceptors (Lipinski definition) is 3. The lowest BCUT2D eigenvalue weighted by atomic mass is 10.00. The quantitative estimate of drug-likeness (QED) is 0.644. The monoisotopic (exact) mass is 197 g/mol. The molecule has 2 rings (SSSR count). The van der Waals surface area contributed by atoms with Crippen molar-refractivity contribution in [3.63, 3.8) is 0 Å². The third kappa shape index (κ3) is 2.07. The highest BCUT2D eigenvalue weighted by Crippen LogP contribution is 2.19. The van der Waals surface area contributed by atoms with Gasteiger partial charge >= 0.3 is 0 Å². The molecule has 1 amide bonds. The maximum absolute atomic E-state index is 11.1. The van der Waals surface area contributed by atoms with E-state index in [0.717, 1.165) is 19.5 Å². The summed E-state index contributed by atoms with van der Waals surface area (Å²) in [6.45, 7) is 4.37. The summed E-state index contributed by atoms with van der Waals surface area (Å²) >= 11 is 0. The Balaban J connectivity index is 1.86. The molecular formula is C10H19N3O. The van der Waals surface area contributed by atoms with Gasteiger partial charge in [-0.25, -0.2) is 0 Å². The van der Waals surface area contributed by atoms with Gasteiger partial charge in [0.05, 0.1) is 6.04 Å². The van der Waals surface area contributed by atoms with Crippen LogP contribution in [0.1, 0.15) is 19.3 Å². The molecule has 0 aromatic heterocycles. The molecule has 0 aromatic rings. The Bertz CT molecular complexity index is 213. The highest BCUT2D eigenvalue weighted by molar-refractivity contribution is 5.80. The largest absolute Gasteiger partial charge is 0.368 e. The van der Waals surface area contributed by atoms with Crippen LogP contribution in [0.3, 0.4) is 0 Å². The number of hydrogen-bond donors (Lipinski definition) is 2. The molecule has 14 heavy (non-hydrogen) atoms. The van der Waals surface area contributed by atoms with Crippen molar-refractivity contribution in [2.24, 2.45) is 11.7 Å². The van der Waals surface area contributed by atoms with Crippen LogP contribution in [0.4, 0.5) is 0 Å². The molecule has 0 unspecified atom stereocenters. The first-order valence-electron chi connectivity index (χ1n) is 5.52.